The van der Waals surface area contributed by atoms with Gasteiger partial charge < -0.3 is 4.74 Å². The molecule has 0 aromatic carbocycles. The van der Waals surface area contributed by atoms with Gasteiger partial charge in [-0.2, -0.15) is 13.2 Å². The summed E-state index contributed by atoms with van der Waals surface area (Å²) in [6.07, 6.45) is -3.99. The van der Waals surface area contributed by atoms with Crippen LogP contribution in [0.4, 0.5) is 13.2 Å². The fourth-order valence-electron chi connectivity index (χ4n) is 1.06. The number of alkyl halides is 6. The van der Waals surface area contributed by atoms with Crippen LogP contribution in [0, 0.1) is 0 Å². The lowest BCUT2D eigenvalue weighted by Gasteiger charge is -2.11. The molecule has 0 saturated heterocycles. The zero-order valence-corrected chi connectivity index (χ0v) is 11.9. The molecule has 112 valence electrons. The van der Waals surface area contributed by atoms with Gasteiger partial charge in [0.2, 0.25) is 5.78 Å². The van der Waals surface area contributed by atoms with Crippen molar-refractivity contribution in [2.75, 3.05) is 7.11 Å². The molecule has 0 saturated carbocycles. The minimum Gasteiger partial charge on any atom is -0.499 e. The molecule has 0 radical (unpaired) electrons. The summed E-state index contributed by atoms with van der Waals surface area (Å²) in [5, 5.41) is 8.88. The lowest BCUT2D eigenvalue weighted by atomic mass is 10.3. The maximum absolute atomic E-state index is 12.5. The van der Waals surface area contributed by atoms with Crippen LogP contribution in [0.5, 0.6) is 0 Å². The van der Waals surface area contributed by atoms with E-state index in [4.69, 9.17) is 39.5 Å². The van der Waals surface area contributed by atoms with Gasteiger partial charge in [-0.1, -0.05) is 34.8 Å². The van der Waals surface area contributed by atoms with E-state index in [0.717, 1.165) is 13.2 Å². The first-order valence-electron chi connectivity index (χ1n) is 4.74. The zero-order valence-electron chi connectivity index (χ0n) is 9.66. The second-order valence-corrected chi connectivity index (χ2v) is 5.62. The summed E-state index contributed by atoms with van der Waals surface area (Å²) in [7, 11) is 1.13. The molecule has 1 rings (SSSR count). The predicted octanol–water partition coefficient (Wildman–Crippen LogP) is 2.16. The molecule has 0 spiro atoms. The van der Waals surface area contributed by atoms with E-state index in [9.17, 15) is 18.0 Å². The third-order valence-corrected chi connectivity index (χ3v) is 2.48. The second-order valence-electron chi connectivity index (χ2n) is 3.33. The molecule has 0 amide bonds. The van der Waals surface area contributed by atoms with Crippen molar-refractivity contribution in [3.05, 3.63) is 17.7 Å². The van der Waals surface area contributed by atoms with Crippen molar-refractivity contribution in [3.8, 4) is 0 Å². The lowest BCUT2D eigenvalue weighted by molar-refractivity contribution is -0.148. The SMILES string of the molecule is COC(=CC(=O)C(Cl)(Cl)Cl)Cn1nnnc1C(F)(F)F. The van der Waals surface area contributed by atoms with Gasteiger partial charge in [0.15, 0.2) is 0 Å². The van der Waals surface area contributed by atoms with Crippen molar-refractivity contribution in [3.63, 3.8) is 0 Å². The van der Waals surface area contributed by atoms with E-state index in [1.165, 1.54) is 0 Å². The van der Waals surface area contributed by atoms with Gasteiger partial charge in [-0.3, -0.25) is 4.79 Å². The van der Waals surface area contributed by atoms with Gasteiger partial charge in [0.05, 0.1) is 7.11 Å². The second kappa shape index (κ2) is 6.15. The Morgan fingerprint density at radius 3 is 2.45 bits per heavy atom. The Morgan fingerprint density at radius 2 is 2.00 bits per heavy atom. The summed E-state index contributed by atoms with van der Waals surface area (Å²) in [4.78, 5) is 11.4. The number of hydrogen-bond donors (Lipinski definition) is 0. The number of allylic oxidation sites excluding steroid dienone is 2. The van der Waals surface area contributed by atoms with E-state index in [1.54, 1.807) is 0 Å². The first-order valence-corrected chi connectivity index (χ1v) is 5.88. The standard InChI is InChI=1S/C8H6Cl3F3N4O2/c1-20-4(2-5(19)7(9,10)11)3-18-6(8(12,13)14)15-16-17-18/h2H,3H2,1H3. The summed E-state index contributed by atoms with van der Waals surface area (Å²) in [6, 6.07) is 0. The molecule has 1 aromatic heterocycles. The minimum atomic E-state index is -4.75. The number of hydrogen-bond acceptors (Lipinski definition) is 5. The van der Waals surface area contributed by atoms with Crippen molar-refractivity contribution in [2.45, 2.75) is 16.5 Å². The van der Waals surface area contributed by atoms with E-state index >= 15 is 0 Å². The van der Waals surface area contributed by atoms with Crippen molar-refractivity contribution in [1.82, 2.24) is 20.2 Å². The molecule has 1 heterocycles. The van der Waals surface area contributed by atoms with Gasteiger partial charge in [0.1, 0.15) is 12.3 Å². The third kappa shape index (κ3) is 4.50. The molecular formula is C8H6Cl3F3N4O2. The maximum Gasteiger partial charge on any atom is 0.453 e. The Bertz CT molecular complexity index is 524. The first-order chi connectivity index (χ1) is 9.05. The van der Waals surface area contributed by atoms with Crippen molar-refractivity contribution in [1.29, 1.82) is 0 Å². The van der Waals surface area contributed by atoms with Crippen LogP contribution in [0.1, 0.15) is 5.82 Å². The summed E-state index contributed by atoms with van der Waals surface area (Å²) < 4.78 is 40.5. The number of carbonyl (C=O) groups excluding carboxylic acids is 1. The van der Waals surface area contributed by atoms with Gasteiger partial charge in [-0.15, -0.1) is 5.10 Å². The van der Waals surface area contributed by atoms with E-state index in [1.807, 2.05) is 0 Å². The highest BCUT2D eigenvalue weighted by Gasteiger charge is 2.38. The fraction of sp³-hybridized carbons (Fsp3) is 0.500. The van der Waals surface area contributed by atoms with Crippen LogP contribution in [-0.4, -0.2) is 36.9 Å². The van der Waals surface area contributed by atoms with Crippen LogP contribution in [-0.2, 0) is 22.3 Å². The van der Waals surface area contributed by atoms with Crippen LogP contribution in [0.25, 0.3) is 0 Å². The zero-order chi connectivity index (χ0) is 15.6. The molecule has 0 fully saturated rings. The summed E-state index contributed by atoms with van der Waals surface area (Å²) in [6.45, 7) is -0.551. The average molecular weight is 354 g/mol. The van der Waals surface area contributed by atoms with Crippen LogP contribution in [0.15, 0.2) is 11.8 Å². The first kappa shape index (κ1) is 17.0. The van der Waals surface area contributed by atoms with E-state index in [-0.39, 0.29) is 5.76 Å². The Morgan fingerprint density at radius 1 is 1.40 bits per heavy atom. The van der Waals surface area contributed by atoms with Crippen molar-refractivity contribution >= 4 is 40.6 Å². The van der Waals surface area contributed by atoms with Gasteiger partial charge >= 0.3 is 6.18 Å². The maximum atomic E-state index is 12.5. The van der Waals surface area contributed by atoms with Gasteiger partial charge in [0.25, 0.3) is 9.62 Å². The third-order valence-electron chi connectivity index (χ3n) is 1.92. The number of halogens is 6. The van der Waals surface area contributed by atoms with Gasteiger partial charge in [0, 0.05) is 6.08 Å². The largest absolute Gasteiger partial charge is 0.499 e. The number of methoxy groups -OCH3 is 1. The Kier molecular flexibility index (Phi) is 5.22. The number of tetrazole rings is 1. The minimum absolute atomic E-state index is 0.209. The molecule has 20 heavy (non-hydrogen) atoms. The normalized spacial score (nSPS) is 13.4. The smallest absolute Gasteiger partial charge is 0.453 e. The van der Waals surface area contributed by atoms with Gasteiger partial charge in [-0.25, -0.2) is 4.68 Å². The number of ether oxygens (including phenoxy) is 1. The highest BCUT2D eigenvalue weighted by molar-refractivity contribution is 6.77. The van der Waals surface area contributed by atoms with Crippen LogP contribution in [0.3, 0.4) is 0 Å². The topological polar surface area (TPSA) is 69.9 Å². The number of nitrogens with zero attached hydrogens (tertiary/aromatic N) is 4. The molecule has 0 aliphatic heterocycles. The average Bonchev–Trinajstić information content (AvgIpc) is 2.74. The van der Waals surface area contributed by atoms with Crippen molar-refractivity contribution < 1.29 is 22.7 Å². The quantitative estimate of drug-likeness (QED) is 0.471. The highest BCUT2D eigenvalue weighted by atomic mass is 35.6. The van der Waals surface area contributed by atoms with Crippen molar-refractivity contribution in [2.24, 2.45) is 0 Å². The molecule has 0 N–H and O–H groups in total. The summed E-state index contributed by atoms with van der Waals surface area (Å²) in [5.41, 5.74) is 0. The monoisotopic (exact) mass is 352 g/mol. The molecule has 6 nitrogen and oxygen atoms in total. The molecule has 0 bridgehead atoms. The molecule has 0 aliphatic rings. The van der Waals surface area contributed by atoms with Crippen LogP contribution >= 0.6 is 34.8 Å². The predicted molar refractivity (Wildman–Crippen MR) is 63.2 cm³/mol. The molecular weight excluding hydrogens is 347 g/mol. The molecule has 12 heteroatoms. The fourth-order valence-corrected chi connectivity index (χ4v) is 1.22. The van der Waals surface area contributed by atoms with E-state index < -0.39 is 28.1 Å². The molecule has 0 unspecified atom stereocenters. The molecule has 0 aliphatic carbocycles. The Labute approximate surface area is 125 Å². The van der Waals surface area contributed by atoms with Crippen LogP contribution in [0.2, 0.25) is 0 Å². The number of rotatable bonds is 4. The van der Waals surface area contributed by atoms with E-state index in [2.05, 4.69) is 15.5 Å². The summed E-state index contributed by atoms with van der Waals surface area (Å²) in [5.74, 6) is -2.53. The number of ketones is 1. The number of carbonyl (C=O) groups is 1. The highest BCUT2D eigenvalue weighted by Crippen LogP contribution is 2.29. The lowest BCUT2D eigenvalue weighted by Crippen LogP contribution is -2.20. The Balaban J connectivity index is 2.99. The Hall–Kier alpha value is -1.06. The van der Waals surface area contributed by atoms with Gasteiger partial charge in [-0.05, 0) is 10.4 Å². The van der Waals surface area contributed by atoms with Crippen LogP contribution < -0.4 is 0 Å². The van der Waals surface area contributed by atoms with E-state index in [0.29, 0.717) is 4.68 Å². The molecule has 1 aromatic rings. The molecule has 0 atom stereocenters. The number of aromatic nitrogens is 4. The summed E-state index contributed by atoms with van der Waals surface area (Å²) >= 11 is 16.0.